The fraction of sp³-hybridized carbons (Fsp3) is 0.318. The minimum atomic E-state index is -6.24. The molecular weight excluding hydrogens is 539 g/mol. The Balaban J connectivity index is 1.76. The fourth-order valence-corrected chi connectivity index (χ4v) is 6.64. The van der Waals surface area contributed by atoms with Crippen molar-refractivity contribution in [1.29, 1.82) is 0 Å². The molecule has 3 unspecified atom stereocenters. The molecule has 0 aromatic heterocycles. The van der Waals surface area contributed by atoms with Crippen LogP contribution in [-0.4, -0.2) is 64.1 Å². The average Bonchev–Trinajstić information content (AvgIpc) is 2.85. The third-order valence-corrected chi connectivity index (χ3v) is 8.43. The first kappa shape index (κ1) is 26.8. The van der Waals surface area contributed by atoms with Crippen molar-refractivity contribution in [3.8, 4) is 5.75 Å². The zero-order valence-electron chi connectivity index (χ0n) is 19.0. The molecule has 2 aromatic rings. The van der Waals surface area contributed by atoms with Gasteiger partial charge >= 0.3 is 21.5 Å². The number of hydrogen-bond acceptors (Lipinski definition) is 8. The van der Waals surface area contributed by atoms with Gasteiger partial charge in [-0.15, -0.1) is 16.1 Å². The van der Waals surface area contributed by atoms with Gasteiger partial charge in [-0.05, 0) is 17.7 Å². The van der Waals surface area contributed by atoms with Crippen molar-refractivity contribution in [1.82, 2.24) is 14.5 Å². The molecule has 10 nitrogen and oxygen atoms in total. The molecule has 0 bridgehead atoms. The summed E-state index contributed by atoms with van der Waals surface area (Å²) in [5.74, 6) is -7.50. The second-order valence-corrected chi connectivity index (χ2v) is 10.9. The number of nitrogens with zero attached hydrogens (tertiary/aromatic N) is 2. The van der Waals surface area contributed by atoms with E-state index in [9.17, 15) is 36.0 Å². The van der Waals surface area contributed by atoms with Crippen molar-refractivity contribution in [2.45, 2.75) is 36.3 Å². The Bertz CT molecular complexity index is 1300. The Morgan fingerprint density at radius 1 is 1.11 bits per heavy atom. The molecule has 0 spiro atoms. The van der Waals surface area contributed by atoms with E-state index >= 15 is 0 Å². The van der Waals surface area contributed by atoms with Gasteiger partial charge in [-0.3, -0.25) is 14.5 Å². The van der Waals surface area contributed by atoms with E-state index in [1.54, 1.807) is 60.7 Å². The van der Waals surface area contributed by atoms with Crippen LogP contribution >= 0.6 is 11.8 Å². The number of alkyl halides is 3. The van der Waals surface area contributed by atoms with Crippen LogP contribution in [0.1, 0.15) is 12.5 Å². The van der Waals surface area contributed by atoms with Crippen LogP contribution < -0.4 is 10.1 Å². The number of rotatable bonds is 7. The maximum atomic E-state index is 13.7. The minimum Gasteiger partial charge on any atom is -0.477 e. The number of esters is 1. The summed E-state index contributed by atoms with van der Waals surface area (Å²) in [5, 5.41) is 0.854. The van der Waals surface area contributed by atoms with Gasteiger partial charge in [0.05, 0.1) is 5.88 Å². The Hall–Kier alpha value is -3.30. The average molecular weight is 560 g/mol. The second kappa shape index (κ2) is 9.87. The topological polar surface area (TPSA) is 122 Å². The predicted molar refractivity (Wildman–Crippen MR) is 124 cm³/mol. The lowest BCUT2D eigenvalue weighted by Crippen LogP contribution is -2.87. The first-order valence-electron chi connectivity index (χ1n) is 10.6. The summed E-state index contributed by atoms with van der Waals surface area (Å²) in [7, 11) is -6.24. The number of nitrogens with one attached hydrogen (secondary N) is 1. The largest absolute Gasteiger partial charge is 0.511 e. The summed E-state index contributed by atoms with van der Waals surface area (Å²) in [4.78, 5) is 39.4. The summed E-state index contributed by atoms with van der Waals surface area (Å²) < 4.78 is 76.8. The number of para-hydroxylation sites is 1. The van der Waals surface area contributed by atoms with E-state index in [1.807, 2.05) is 5.32 Å². The van der Waals surface area contributed by atoms with Gasteiger partial charge in [0.15, 0.2) is 0 Å². The number of carbonyl (C=O) groups excluding carboxylic acids is 3. The van der Waals surface area contributed by atoms with Gasteiger partial charge in [0.1, 0.15) is 17.7 Å². The van der Waals surface area contributed by atoms with Crippen molar-refractivity contribution in [3.63, 3.8) is 0 Å². The maximum absolute atomic E-state index is 13.7. The number of carbonyl (C=O) groups is 3. The Labute approximate surface area is 213 Å². The molecule has 2 aromatic carbocycles. The highest BCUT2D eigenvalue weighted by molar-refractivity contribution is 8.01. The van der Waals surface area contributed by atoms with Crippen molar-refractivity contribution < 1.29 is 45.4 Å². The maximum Gasteiger partial charge on any atom is 0.511 e. The number of halogens is 3. The van der Waals surface area contributed by atoms with E-state index in [-0.39, 0.29) is 10.1 Å². The van der Waals surface area contributed by atoms with Crippen LogP contribution in [0, 0.1) is 0 Å². The molecule has 37 heavy (non-hydrogen) atoms. The van der Waals surface area contributed by atoms with Gasteiger partial charge in [-0.1, -0.05) is 48.5 Å². The van der Waals surface area contributed by atoms with Crippen LogP contribution in [0.15, 0.2) is 60.7 Å². The summed E-state index contributed by atoms with van der Waals surface area (Å²) in [6, 6.07) is 16.1. The molecule has 0 radical (unpaired) electrons. The molecule has 2 heterocycles. The first-order chi connectivity index (χ1) is 17.4. The molecule has 198 valence electrons. The molecule has 2 fully saturated rings. The first-order valence-corrected chi connectivity index (χ1v) is 13.1. The predicted octanol–water partition coefficient (Wildman–Crippen LogP) is 1.99. The van der Waals surface area contributed by atoms with E-state index in [1.165, 1.54) is 0 Å². The highest BCUT2D eigenvalue weighted by Crippen LogP contribution is 2.47. The molecule has 3 atom stereocenters. The second-order valence-electron chi connectivity index (χ2n) is 7.96. The van der Waals surface area contributed by atoms with Gasteiger partial charge in [0.2, 0.25) is 12.0 Å². The van der Waals surface area contributed by atoms with E-state index < -0.39 is 63.1 Å². The number of sulfonamides is 1. The minimum absolute atomic E-state index is 0.267. The molecule has 1 N–H and O–H groups in total. The molecule has 2 amide bonds. The van der Waals surface area contributed by atoms with Gasteiger partial charge in [-0.25, -0.2) is 13.2 Å². The van der Waals surface area contributed by atoms with Crippen LogP contribution in [0.4, 0.5) is 13.2 Å². The monoisotopic (exact) mass is 559 g/mol. The highest BCUT2D eigenvalue weighted by atomic mass is 32.2. The van der Waals surface area contributed by atoms with E-state index in [0.717, 1.165) is 6.92 Å². The summed E-state index contributed by atoms with van der Waals surface area (Å²) >= 11 is 0.624. The summed E-state index contributed by atoms with van der Waals surface area (Å²) in [6.45, 7) is 0.397. The lowest BCUT2D eigenvalue weighted by Gasteiger charge is -2.59. The van der Waals surface area contributed by atoms with Gasteiger partial charge in [0, 0.05) is 6.92 Å². The standard InChI is InChI=1S/C22H20F3N3O7S2/c1-14(29)26-21(20(31)34-12-15-8-4-2-5-9-15)27(37(32,33)22(23,24)25)13-36-19-17(18(30)28(19)21)35-16-10-6-3-7-11-16/h2-11,17,19H,12-13H2,1H3,(H,26,29). The zero-order valence-corrected chi connectivity index (χ0v) is 20.7. The summed E-state index contributed by atoms with van der Waals surface area (Å²) in [6.07, 6.45) is -1.27. The number of β-lactam (4-membered cyclic amide) rings is 1. The van der Waals surface area contributed by atoms with Crippen molar-refractivity contribution in [2.75, 3.05) is 5.88 Å². The smallest absolute Gasteiger partial charge is 0.477 e. The lowest BCUT2D eigenvalue weighted by molar-refractivity contribution is -0.202. The van der Waals surface area contributed by atoms with Crippen molar-refractivity contribution in [2.24, 2.45) is 0 Å². The van der Waals surface area contributed by atoms with Crippen LogP contribution in [-0.2, 0) is 35.8 Å². The van der Waals surface area contributed by atoms with Crippen LogP contribution in [0.25, 0.3) is 0 Å². The highest BCUT2D eigenvalue weighted by Gasteiger charge is 2.73. The number of fused-ring (bicyclic) bond motifs is 1. The van der Waals surface area contributed by atoms with Crippen molar-refractivity contribution in [3.05, 3.63) is 66.2 Å². The number of amides is 2. The summed E-state index contributed by atoms with van der Waals surface area (Å²) in [5.41, 5.74) is -5.42. The molecule has 2 saturated heterocycles. The molecule has 0 aliphatic carbocycles. The molecule has 2 aliphatic rings. The molecule has 4 rings (SSSR count). The van der Waals surface area contributed by atoms with Gasteiger partial charge in [-0.2, -0.15) is 13.2 Å². The van der Waals surface area contributed by atoms with Crippen LogP contribution in [0.5, 0.6) is 5.75 Å². The van der Waals surface area contributed by atoms with Gasteiger partial charge in [0.25, 0.3) is 11.7 Å². The third kappa shape index (κ3) is 4.73. The Morgan fingerprint density at radius 2 is 1.70 bits per heavy atom. The molecule has 2 aliphatic heterocycles. The fourth-order valence-electron chi connectivity index (χ4n) is 3.87. The zero-order chi connectivity index (χ0) is 27.0. The lowest BCUT2D eigenvalue weighted by atomic mass is 10.0. The van der Waals surface area contributed by atoms with Crippen LogP contribution in [0.3, 0.4) is 0 Å². The number of ether oxygens (including phenoxy) is 2. The van der Waals surface area contributed by atoms with Gasteiger partial charge < -0.3 is 14.8 Å². The van der Waals surface area contributed by atoms with E-state index in [2.05, 4.69) is 0 Å². The molecular formula is C22H20F3N3O7S2. The number of hydrogen-bond donors (Lipinski definition) is 1. The normalized spacial score (nSPS) is 24.0. The molecule has 15 heteroatoms. The Kier molecular flexibility index (Phi) is 7.14. The van der Waals surface area contributed by atoms with E-state index in [4.69, 9.17) is 9.47 Å². The molecule has 0 saturated carbocycles. The quantitative estimate of drug-likeness (QED) is 0.404. The number of benzene rings is 2. The third-order valence-electron chi connectivity index (χ3n) is 5.50. The Morgan fingerprint density at radius 3 is 2.27 bits per heavy atom. The number of thioether (sulfide) groups is 1. The van der Waals surface area contributed by atoms with E-state index in [0.29, 0.717) is 22.2 Å². The van der Waals surface area contributed by atoms with Crippen molar-refractivity contribution >= 4 is 39.6 Å². The SMILES string of the molecule is CC(=O)NC1(C(=O)OCc2ccccc2)N2C(=O)C(Oc3ccccc3)C2SCN1S(=O)(=O)C(F)(F)F. The van der Waals surface area contributed by atoms with Crippen LogP contribution in [0.2, 0.25) is 0 Å².